The van der Waals surface area contributed by atoms with Crippen LogP contribution in [0.5, 0.6) is 5.75 Å². The van der Waals surface area contributed by atoms with Gasteiger partial charge >= 0.3 is 0 Å². The summed E-state index contributed by atoms with van der Waals surface area (Å²) in [6, 6.07) is 8.21. The Morgan fingerprint density at radius 2 is 1.85 bits per heavy atom. The van der Waals surface area contributed by atoms with E-state index >= 15 is 0 Å². The third-order valence-corrected chi connectivity index (χ3v) is 6.60. The minimum absolute atomic E-state index is 0. The summed E-state index contributed by atoms with van der Waals surface area (Å²) < 4.78 is 6.40. The quantitative estimate of drug-likeness (QED) is 0.807. The van der Waals surface area contributed by atoms with Crippen molar-refractivity contribution in [2.75, 3.05) is 0 Å². The third-order valence-electron chi connectivity index (χ3n) is 6.60. The van der Waals surface area contributed by atoms with Gasteiger partial charge in [0.05, 0.1) is 12.0 Å². The molecule has 1 aromatic rings. The average molecular weight is 379 g/mol. The molecule has 5 heteroatoms. The van der Waals surface area contributed by atoms with Gasteiger partial charge in [0.2, 0.25) is 5.91 Å². The lowest BCUT2D eigenvalue weighted by Gasteiger charge is -2.42. The van der Waals surface area contributed by atoms with Crippen LogP contribution in [0.4, 0.5) is 0 Å². The van der Waals surface area contributed by atoms with Crippen molar-refractivity contribution >= 4 is 18.3 Å². The highest BCUT2D eigenvalue weighted by Crippen LogP contribution is 2.47. The van der Waals surface area contributed by atoms with Gasteiger partial charge in [-0.15, -0.1) is 12.4 Å². The fourth-order valence-electron chi connectivity index (χ4n) is 5.13. The van der Waals surface area contributed by atoms with E-state index in [0.717, 1.165) is 56.3 Å². The number of rotatable bonds is 2. The number of para-hydroxylation sites is 1. The van der Waals surface area contributed by atoms with E-state index in [1.807, 2.05) is 25.1 Å². The first-order chi connectivity index (χ1) is 12.0. The van der Waals surface area contributed by atoms with Gasteiger partial charge in [-0.2, -0.15) is 0 Å². The van der Waals surface area contributed by atoms with E-state index < -0.39 is 5.54 Å². The Labute approximate surface area is 162 Å². The molecule has 2 saturated carbocycles. The third kappa shape index (κ3) is 3.59. The highest BCUT2D eigenvalue weighted by molar-refractivity contribution is 5.85. The highest BCUT2D eigenvalue weighted by atomic mass is 35.5. The highest BCUT2D eigenvalue weighted by Gasteiger charge is 2.45. The molecule has 4 rings (SSSR count). The first-order valence-electron chi connectivity index (χ1n) is 9.86. The van der Waals surface area contributed by atoms with Crippen molar-refractivity contribution in [3.8, 4) is 5.75 Å². The first-order valence-corrected chi connectivity index (χ1v) is 9.86. The molecule has 3 unspecified atom stereocenters. The summed E-state index contributed by atoms with van der Waals surface area (Å²) in [4.78, 5) is 13.1. The van der Waals surface area contributed by atoms with Crippen molar-refractivity contribution in [1.82, 2.24) is 5.32 Å². The summed E-state index contributed by atoms with van der Waals surface area (Å²) in [5, 5.41) is 3.35. The Bertz CT molecular complexity index is 655. The molecule has 0 bridgehead atoms. The Morgan fingerprint density at radius 3 is 2.58 bits per heavy atom. The Morgan fingerprint density at radius 1 is 1.15 bits per heavy atom. The van der Waals surface area contributed by atoms with Crippen LogP contribution >= 0.6 is 12.4 Å². The van der Waals surface area contributed by atoms with Gasteiger partial charge in [0.25, 0.3) is 0 Å². The summed E-state index contributed by atoms with van der Waals surface area (Å²) in [5.74, 6) is 0.982. The fourth-order valence-corrected chi connectivity index (χ4v) is 5.13. The molecule has 26 heavy (non-hydrogen) atoms. The molecule has 1 aliphatic heterocycles. The standard InChI is InChI=1S/C21H30N2O2.ClH/c1-20(22)11-5-4-9-16(20)19(24)23-17-14-21(12-6-7-13-21)25-18-10-3-2-8-15(17)18;/h2-3,8,10,16-17H,4-7,9,11-14,22H2,1H3,(H,23,24);1H. The number of halogens is 1. The van der Waals surface area contributed by atoms with Crippen molar-refractivity contribution in [2.24, 2.45) is 11.7 Å². The maximum Gasteiger partial charge on any atom is 0.225 e. The fraction of sp³-hybridized carbons (Fsp3) is 0.667. The molecule has 0 saturated heterocycles. The minimum Gasteiger partial charge on any atom is -0.487 e. The largest absolute Gasteiger partial charge is 0.487 e. The van der Waals surface area contributed by atoms with E-state index in [1.54, 1.807) is 0 Å². The van der Waals surface area contributed by atoms with Gasteiger partial charge in [0.1, 0.15) is 11.4 Å². The molecule has 2 fully saturated rings. The van der Waals surface area contributed by atoms with Crippen LogP contribution in [0.25, 0.3) is 0 Å². The second-order valence-electron chi connectivity index (χ2n) is 8.60. The van der Waals surface area contributed by atoms with Crippen molar-refractivity contribution in [1.29, 1.82) is 0 Å². The molecule has 3 N–H and O–H groups in total. The number of hydrogen-bond donors (Lipinski definition) is 2. The van der Waals surface area contributed by atoms with E-state index in [2.05, 4.69) is 11.4 Å². The van der Waals surface area contributed by atoms with Crippen LogP contribution in [0, 0.1) is 5.92 Å². The number of carbonyl (C=O) groups is 1. The van der Waals surface area contributed by atoms with Crippen LogP contribution in [0.1, 0.15) is 76.3 Å². The lowest BCUT2D eigenvalue weighted by atomic mass is 9.74. The molecule has 144 valence electrons. The van der Waals surface area contributed by atoms with E-state index in [0.29, 0.717) is 0 Å². The van der Waals surface area contributed by atoms with Crippen LogP contribution in [-0.4, -0.2) is 17.0 Å². The molecular weight excluding hydrogens is 348 g/mol. The second kappa shape index (κ2) is 7.40. The number of carbonyl (C=O) groups excluding carboxylic acids is 1. The van der Waals surface area contributed by atoms with Gasteiger partial charge < -0.3 is 15.8 Å². The molecule has 0 aromatic heterocycles. The van der Waals surface area contributed by atoms with Gasteiger partial charge in [0.15, 0.2) is 0 Å². The number of fused-ring (bicyclic) bond motifs is 1. The predicted molar refractivity (Wildman–Crippen MR) is 106 cm³/mol. The molecule has 0 radical (unpaired) electrons. The smallest absolute Gasteiger partial charge is 0.225 e. The summed E-state index contributed by atoms with van der Waals surface area (Å²) >= 11 is 0. The molecule has 1 amide bonds. The maximum atomic E-state index is 13.1. The zero-order chi connectivity index (χ0) is 17.5. The Kier molecular flexibility index (Phi) is 5.55. The van der Waals surface area contributed by atoms with Gasteiger partial charge in [-0.1, -0.05) is 31.0 Å². The number of benzene rings is 1. The number of nitrogens with one attached hydrogen (secondary N) is 1. The van der Waals surface area contributed by atoms with E-state index in [-0.39, 0.29) is 35.9 Å². The SMILES string of the molecule is CC1(N)CCCCC1C(=O)NC1CC2(CCCC2)Oc2ccccc21.Cl. The summed E-state index contributed by atoms with van der Waals surface area (Å²) in [7, 11) is 0. The van der Waals surface area contributed by atoms with E-state index in [4.69, 9.17) is 10.5 Å². The normalized spacial score (nSPS) is 32.2. The van der Waals surface area contributed by atoms with Crippen LogP contribution in [-0.2, 0) is 4.79 Å². The van der Waals surface area contributed by atoms with Crippen molar-refractivity contribution in [3.63, 3.8) is 0 Å². The predicted octanol–water partition coefficient (Wildman–Crippen LogP) is 4.27. The number of nitrogens with two attached hydrogens (primary N) is 1. The zero-order valence-corrected chi connectivity index (χ0v) is 16.4. The van der Waals surface area contributed by atoms with Crippen LogP contribution < -0.4 is 15.8 Å². The summed E-state index contributed by atoms with van der Waals surface area (Å²) in [6.07, 6.45) is 9.54. The minimum atomic E-state index is -0.391. The molecule has 3 aliphatic rings. The first kappa shape index (κ1) is 19.5. The van der Waals surface area contributed by atoms with E-state index in [9.17, 15) is 4.79 Å². The maximum absolute atomic E-state index is 13.1. The Hall–Kier alpha value is -1.26. The molecule has 1 spiro atoms. The second-order valence-corrected chi connectivity index (χ2v) is 8.60. The molecular formula is C21H31ClN2O2. The van der Waals surface area contributed by atoms with Crippen LogP contribution in [0.15, 0.2) is 24.3 Å². The van der Waals surface area contributed by atoms with Gasteiger partial charge in [-0.05, 0) is 51.5 Å². The van der Waals surface area contributed by atoms with Crippen molar-refractivity contribution < 1.29 is 9.53 Å². The van der Waals surface area contributed by atoms with Gasteiger partial charge in [-0.3, -0.25) is 4.79 Å². The lowest BCUT2D eigenvalue weighted by Crippen LogP contribution is -2.54. The van der Waals surface area contributed by atoms with Gasteiger partial charge in [0, 0.05) is 17.5 Å². The molecule has 1 heterocycles. The number of ether oxygens (including phenoxy) is 1. The average Bonchev–Trinajstić information content (AvgIpc) is 3.01. The van der Waals surface area contributed by atoms with Crippen molar-refractivity contribution in [2.45, 2.75) is 81.9 Å². The summed E-state index contributed by atoms with van der Waals surface area (Å²) in [6.45, 7) is 2.03. The zero-order valence-electron chi connectivity index (χ0n) is 15.6. The monoisotopic (exact) mass is 378 g/mol. The van der Waals surface area contributed by atoms with Crippen LogP contribution in [0.2, 0.25) is 0 Å². The number of hydrogen-bond acceptors (Lipinski definition) is 3. The van der Waals surface area contributed by atoms with Crippen LogP contribution in [0.3, 0.4) is 0 Å². The molecule has 4 nitrogen and oxygen atoms in total. The number of amides is 1. The Balaban J connectivity index is 0.00000196. The van der Waals surface area contributed by atoms with E-state index in [1.165, 1.54) is 12.8 Å². The molecule has 2 aliphatic carbocycles. The topological polar surface area (TPSA) is 64.4 Å². The van der Waals surface area contributed by atoms with Gasteiger partial charge in [-0.25, -0.2) is 0 Å². The lowest BCUT2D eigenvalue weighted by molar-refractivity contribution is -0.129. The molecule has 3 atom stereocenters. The molecule has 1 aromatic carbocycles. The van der Waals surface area contributed by atoms with Crippen molar-refractivity contribution in [3.05, 3.63) is 29.8 Å². The summed E-state index contributed by atoms with van der Waals surface area (Å²) in [5.41, 5.74) is 7.08.